The Morgan fingerprint density at radius 3 is 2.85 bits per heavy atom. The minimum atomic E-state index is -1.25. The van der Waals surface area contributed by atoms with Crippen molar-refractivity contribution in [3.05, 3.63) is 20.5 Å². The van der Waals surface area contributed by atoms with Crippen LogP contribution in [0.25, 0.3) is 11.2 Å². The average molecular weight is 394 g/mol. The molecule has 0 unspecified atom stereocenters. The van der Waals surface area contributed by atoms with Crippen molar-refractivity contribution in [2.75, 3.05) is 6.61 Å². The number of aromatic nitrogens is 4. The Morgan fingerprint density at radius 1 is 1.45 bits per heavy atom. The molecule has 0 aromatic carbocycles. The van der Waals surface area contributed by atoms with Crippen LogP contribution in [0.2, 0.25) is 0 Å². The van der Waals surface area contributed by atoms with Crippen molar-refractivity contribution in [2.24, 2.45) is 0 Å². The zero-order valence-corrected chi connectivity index (χ0v) is 12.1. The zero-order valence-electron chi connectivity index (χ0n) is 9.97. The molecule has 0 bridgehead atoms. The largest absolute Gasteiger partial charge is 0.394 e. The van der Waals surface area contributed by atoms with Crippen molar-refractivity contribution in [1.82, 2.24) is 19.5 Å². The second-order valence-electron chi connectivity index (χ2n) is 4.41. The molecule has 0 spiro atoms. The van der Waals surface area contributed by atoms with E-state index in [0.717, 1.165) is 0 Å². The van der Waals surface area contributed by atoms with Gasteiger partial charge in [0.1, 0.15) is 18.3 Å². The molecule has 4 N–H and O–H groups in total. The lowest BCUT2D eigenvalue weighted by Crippen LogP contribution is -2.33. The van der Waals surface area contributed by atoms with Crippen LogP contribution in [0.15, 0.2) is 11.1 Å². The van der Waals surface area contributed by atoms with E-state index in [1.807, 2.05) is 22.6 Å². The van der Waals surface area contributed by atoms with Gasteiger partial charge in [0.15, 0.2) is 21.2 Å². The van der Waals surface area contributed by atoms with Gasteiger partial charge in [-0.3, -0.25) is 14.3 Å². The molecule has 2 aromatic heterocycles. The molecule has 0 radical (unpaired) electrons. The Bertz CT molecular complexity index is 701. The number of aliphatic hydroxyl groups excluding tert-OH is 3. The maximum Gasteiger partial charge on any atom is 0.279 e. The number of aliphatic hydroxyl groups is 3. The van der Waals surface area contributed by atoms with E-state index >= 15 is 0 Å². The van der Waals surface area contributed by atoms with E-state index in [-0.39, 0.29) is 11.2 Å². The number of hydrogen-bond acceptors (Lipinski definition) is 7. The molecular formula is C10H11IN4O5. The molecule has 1 fully saturated rings. The lowest BCUT2D eigenvalue weighted by Gasteiger charge is -2.16. The topological polar surface area (TPSA) is 133 Å². The number of hydrogen-bond donors (Lipinski definition) is 4. The molecule has 0 amide bonds. The molecule has 1 saturated heterocycles. The fourth-order valence-corrected chi connectivity index (χ4v) is 2.67. The molecular weight excluding hydrogens is 383 g/mol. The normalized spacial score (nSPS) is 30.2. The average Bonchev–Trinajstić information content (AvgIpc) is 2.93. The van der Waals surface area contributed by atoms with Crippen LogP contribution < -0.4 is 5.56 Å². The Kier molecular flexibility index (Phi) is 3.50. The highest BCUT2D eigenvalue weighted by Crippen LogP contribution is 2.30. The molecule has 2 aromatic rings. The maximum absolute atomic E-state index is 11.7. The third-order valence-corrected chi connectivity index (χ3v) is 3.71. The summed E-state index contributed by atoms with van der Waals surface area (Å²) in [5.74, 6) is 0. The van der Waals surface area contributed by atoms with E-state index in [0.29, 0.717) is 3.83 Å². The number of H-pyrrole nitrogens is 1. The Labute approximate surface area is 125 Å². The molecule has 10 heteroatoms. The minimum Gasteiger partial charge on any atom is -0.394 e. The van der Waals surface area contributed by atoms with E-state index in [1.165, 1.54) is 10.9 Å². The molecule has 1 aliphatic heterocycles. The van der Waals surface area contributed by atoms with Crippen LogP contribution in [0, 0.1) is 3.83 Å². The SMILES string of the molecule is O=c1[nH]c(I)nc2c1ncn2[C@@H]1O[C@H](CO)[C@@H](O)[C@H]1O. The van der Waals surface area contributed by atoms with Gasteiger partial charge < -0.3 is 20.1 Å². The van der Waals surface area contributed by atoms with Crippen LogP contribution in [-0.2, 0) is 4.74 Å². The van der Waals surface area contributed by atoms with Crippen LogP contribution >= 0.6 is 22.6 Å². The Morgan fingerprint density at radius 2 is 2.20 bits per heavy atom. The van der Waals surface area contributed by atoms with Crippen LogP contribution in [0.4, 0.5) is 0 Å². The number of fused-ring (bicyclic) bond motifs is 1. The smallest absolute Gasteiger partial charge is 0.279 e. The quantitative estimate of drug-likeness (QED) is 0.354. The van der Waals surface area contributed by atoms with Gasteiger partial charge in [-0.25, -0.2) is 9.97 Å². The van der Waals surface area contributed by atoms with Crippen LogP contribution in [0.1, 0.15) is 6.23 Å². The standard InChI is InChI=1S/C10H11IN4O5/c11-10-13-7-4(8(19)14-10)12-2-15(7)9-6(18)5(17)3(1-16)20-9/h2-3,5-6,9,16-18H,1H2,(H,13,14,19)/t3-,5-,6-,9-/m1/s1. The highest BCUT2D eigenvalue weighted by Gasteiger charge is 2.44. The first kappa shape index (κ1) is 13.9. The zero-order chi connectivity index (χ0) is 14.4. The fourth-order valence-electron chi connectivity index (χ4n) is 2.20. The van der Waals surface area contributed by atoms with Gasteiger partial charge in [-0.2, -0.15) is 0 Å². The fraction of sp³-hybridized carbons (Fsp3) is 0.500. The number of halogens is 1. The molecule has 9 nitrogen and oxygen atoms in total. The van der Waals surface area contributed by atoms with E-state index in [2.05, 4.69) is 15.0 Å². The molecule has 1 aliphatic rings. The van der Waals surface area contributed by atoms with Crippen molar-refractivity contribution >= 4 is 33.8 Å². The van der Waals surface area contributed by atoms with Crippen molar-refractivity contribution in [2.45, 2.75) is 24.5 Å². The van der Waals surface area contributed by atoms with Gasteiger partial charge >= 0.3 is 0 Å². The van der Waals surface area contributed by atoms with Crippen LogP contribution in [0.5, 0.6) is 0 Å². The van der Waals surface area contributed by atoms with E-state index in [4.69, 9.17) is 9.84 Å². The number of aromatic amines is 1. The Hall–Kier alpha value is -1.08. The van der Waals surface area contributed by atoms with Crippen molar-refractivity contribution < 1.29 is 20.1 Å². The predicted molar refractivity (Wildman–Crippen MR) is 73.9 cm³/mol. The number of rotatable bonds is 2. The summed E-state index contributed by atoms with van der Waals surface area (Å²) >= 11 is 1.85. The number of imidazole rings is 1. The lowest BCUT2D eigenvalue weighted by atomic mass is 10.1. The van der Waals surface area contributed by atoms with Gasteiger partial charge in [0, 0.05) is 0 Å². The molecule has 3 rings (SSSR count). The summed E-state index contributed by atoms with van der Waals surface area (Å²) in [6.45, 7) is -0.424. The van der Waals surface area contributed by atoms with Crippen LogP contribution in [-0.4, -0.2) is 59.8 Å². The van der Waals surface area contributed by atoms with Gasteiger partial charge in [0.05, 0.1) is 12.9 Å². The van der Waals surface area contributed by atoms with Gasteiger partial charge in [-0.1, -0.05) is 0 Å². The van der Waals surface area contributed by atoms with Gasteiger partial charge in [-0.15, -0.1) is 0 Å². The van der Waals surface area contributed by atoms with E-state index in [1.54, 1.807) is 0 Å². The monoisotopic (exact) mass is 394 g/mol. The summed E-state index contributed by atoms with van der Waals surface area (Å²) in [6, 6.07) is 0. The highest BCUT2D eigenvalue weighted by molar-refractivity contribution is 14.1. The summed E-state index contributed by atoms with van der Waals surface area (Å²) in [6.07, 6.45) is -3.01. The number of nitrogens with zero attached hydrogens (tertiary/aromatic N) is 3. The number of ether oxygens (including phenoxy) is 1. The third kappa shape index (κ3) is 2.03. The summed E-state index contributed by atoms with van der Waals surface area (Å²) in [5, 5.41) is 28.8. The molecule has 0 saturated carbocycles. The first-order valence-corrected chi connectivity index (χ1v) is 6.85. The maximum atomic E-state index is 11.7. The van der Waals surface area contributed by atoms with Gasteiger partial charge in [0.2, 0.25) is 0 Å². The van der Waals surface area contributed by atoms with Crippen molar-refractivity contribution in [1.29, 1.82) is 0 Å². The van der Waals surface area contributed by atoms with Crippen LogP contribution in [0.3, 0.4) is 0 Å². The molecule has 0 aliphatic carbocycles. The molecule has 4 atom stereocenters. The van der Waals surface area contributed by atoms with Crippen molar-refractivity contribution in [3.8, 4) is 0 Å². The van der Waals surface area contributed by atoms with Crippen molar-refractivity contribution in [3.63, 3.8) is 0 Å². The first-order chi connectivity index (χ1) is 9.52. The summed E-state index contributed by atoms with van der Waals surface area (Å²) in [7, 11) is 0. The van der Waals surface area contributed by atoms with Gasteiger partial charge in [0.25, 0.3) is 5.56 Å². The molecule has 108 valence electrons. The second kappa shape index (κ2) is 5.04. The molecule has 3 heterocycles. The predicted octanol–water partition coefficient (Wildman–Crippen LogP) is -1.66. The lowest BCUT2D eigenvalue weighted by molar-refractivity contribution is -0.0511. The van der Waals surface area contributed by atoms with Gasteiger partial charge in [-0.05, 0) is 22.6 Å². The summed E-state index contributed by atoms with van der Waals surface area (Å²) < 4.78 is 7.13. The van der Waals surface area contributed by atoms with E-state index < -0.39 is 36.7 Å². The summed E-state index contributed by atoms with van der Waals surface area (Å²) in [4.78, 5) is 22.3. The second-order valence-corrected chi connectivity index (χ2v) is 5.43. The third-order valence-electron chi connectivity index (χ3n) is 3.19. The Balaban J connectivity index is 2.09. The first-order valence-electron chi connectivity index (χ1n) is 5.77. The van der Waals surface area contributed by atoms with E-state index in [9.17, 15) is 15.0 Å². The number of nitrogens with one attached hydrogen (secondary N) is 1. The highest BCUT2D eigenvalue weighted by atomic mass is 127. The summed E-state index contributed by atoms with van der Waals surface area (Å²) in [5.41, 5.74) is -0.0407. The molecule has 20 heavy (non-hydrogen) atoms. The minimum absolute atomic E-state index is 0.114.